The number of carbonyl (C=O) groups is 1. The topological polar surface area (TPSA) is 84.5 Å². The van der Waals surface area contributed by atoms with Crippen LogP contribution in [0.3, 0.4) is 0 Å². The van der Waals surface area contributed by atoms with Crippen molar-refractivity contribution in [1.29, 1.82) is 0 Å². The Morgan fingerprint density at radius 3 is 2.30 bits per heavy atom. The second-order valence-electron chi connectivity index (χ2n) is 6.50. The van der Waals surface area contributed by atoms with Gasteiger partial charge in [0.25, 0.3) is 15.9 Å². The zero-order valence-corrected chi connectivity index (χ0v) is 18.0. The highest BCUT2D eigenvalue weighted by atomic mass is 35.5. The maximum Gasteiger partial charge on any atom is 0.261 e. The fourth-order valence-corrected chi connectivity index (χ4v) is 3.94. The van der Waals surface area contributed by atoms with Gasteiger partial charge in [-0.1, -0.05) is 17.7 Å². The van der Waals surface area contributed by atoms with Crippen molar-refractivity contribution in [2.24, 2.45) is 0 Å². The first-order valence-corrected chi connectivity index (χ1v) is 11.1. The number of anilines is 2. The Bertz CT molecular complexity index is 1140. The smallest absolute Gasteiger partial charge is 0.261 e. The summed E-state index contributed by atoms with van der Waals surface area (Å²) in [5.74, 6) is 0.301. The third-order valence-electron chi connectivity index (χ3n) is 4.29. The van der Waals surface area contributed by atoms with Crippen molar-refractivity contribution in [2.75, 3.05) is 16.6 Å². The molecule has 0 atom stereocenters. The van der Waals surface area contributed by atoms with Crippen LogP contribution < -0.4 is 14.8 Å². The predicted octanol–water partition coefficient (Wildman–Crippen LogP) is 5.10. The van der Waals surface area contributed by atoms with E-state index in [1.807, 2.05) is 13.8 Å². The first kappa shape index (κ1) is 21.7. The largest absolute Gasteiger partial charge is 0.494 e. The highest BCUT2D eigenvalue weighted by Crippen LogP contribution is 2.22. The molecule has 8 heteroatoms. The zero-order valence-electron chi connectivity index (χ0n) is 16.5. The Balaban J connectivity index is 1.72. The van der Waals surface area contributed by atoms with E-state index in [2.05, 4.69) is 10.0 Å². The van der Waals surface area contributed by atoms with Gasteiger partial charge in [0.05, 0.1) is 11.5 Å². The van der Waals surface area contributed by atoms with Gasteiger partial charge in [-0.3, -0.25) is 9.52 Å². The molecule has 0 radical (unpaired) electrons. The maximum absolute atomic E-state index is 12.6. The van der Waals surface area contributed by atoms with E-state index in [1.165, 1.54) is 24.3 Å². The average molecular weight is 445 g/mol. The van der Waals surface area contributed by atoms with Gasteiger partial charge in [-0.25, -0.2) is 8.42 Å². The molecule has 0 fully saturated rings. The van der Waals surface area contributed by atoms with Crippen LogP contribution in [0.5, 0.6) is 5.75 Å². The molecule has 0 saturated carbocycles. The van der Waals surface area contributed by atoms with Crippen LogP contribution in [0.15, 0.2) is 71.6 Å². The Morgan fingerprint density at radius 1 is 1.00 bits per heavy atom. The van der Waals surface area contributed by atoms with Crippen molar-refractivity contribution in [3.05, 3.63) is 82.9 Å². The number of hydrogen-bond acceptors (Lipinski definition) is 4. The molecule has 0 heterocycles. The number of halogens is 1. The summed E-state index contributed by atoms with van der Waals surface area (Å²) in [6, 6.07) is 17.5. The minimum Gasteiger partial charge on any atom is -0.494 e. The Morgan fingerprint density at radius 2 is 1.67 bits per heavy atom. The number of nitrogens with one attached hydrogen (secondary N) is 2. The molecule has 1 amide bonds. The van der Waals surface area contributed by atoms with Crippen LogP contribution in [0, 0.1) is 6.92 Å². The van der Waals surface area contributed by atoms with E-state index in [-0.39, 0.29) is 10.8 Å². The summed E-state index contributed by atoms with van der Waals surface area (Å²) in [6.07, 6.45) is 0. The Hall–Kier alpha value is -3.03. The molecule has 0 spiro atoms. The van der Waals surface area contributed by atoms with Gasteiger partial charge in [-0.05, 0) is 80.1 Å². The minimum absolute atomic E-state index is 0.0480. The van der Waals surface area contributed by atoms with Gasteiger partial charge in [0.2, 0.25) is 0 Å². The Kier molecular flexibility index (Phi) is 6.64. The normalized spacial score (nSPS) is 11.0. The lowest BCUT2D eigenvalue weighted by atomic mass is 10.1. The van der Waals surface area contributed by atoms with E-state index < -0.39 is 10.0 Å². The van der Waals surface area contributed by atoms with Crippen LogP contribution in [0.2, 0.25) is 5.02 Å². The summed E-state index contributed by atoms with van der Waals surface area (Å²) in [5, 5.41) is 3.29. The van der Waals surface area contributed by atoms with Crippen molar-refractivity contribution in [3.63, 3.8) is 0 Å². The minimum atomic E-state index is -3.79. The SMILES string of the molecule is CCOc1ccc(NS(=O)(=O)c2ccc(C(=O)Nc3cc(Cl)ccc3C)cc2)cc1. The van der Waals surface area contributed by atoms with Crippen LogP contribution >= 0.6 is 11.6 Å². The van der Waals surface area contributed by atoms with E-state index in [9.17, 15) is 13.2 Å². The van der Waals surface area contributed by atoms with Crippen molar-refractivity contribution >= 4 is 38.9 Å². The molecule has 0 saturated heterocycles. The van der Waals surface area contributed by atoms with Crippen LogP contribution in [0.25, 0.3) is 0 Å². The van der Waals surface area contributed by atoms with Crippen LogP contribution in [0.4, 0.5) is 11.4 Å². The summed E-state index contributed by atoms with van der Waals surface area (Å²) in [4.78, 5) is 12.5. The number of rotatable bonds is 7. The molecule has 6 nitrogen and oxygen atoms in total. The van der Waals surface area contributed by atoms with E-state index in [4.69, 9.17) is 16.3 Å². The summed E-state index contributed by atoms with van der Waals surface area (Å²) in [5.41, 5.74) is 2.21. The molecule has 156 valence electrons. The molecule has 0 aliphatic carbocycles. The molecular formula is C22H21ClN2O4S. The molecule has 0 aromatic heterocycles. The first-order chi connectivity index (χ1) is 14.3. The highest BCUT2D eigenvalue weighted by molar-refractivity contribution is 7.92. The average Bonchev–Trinajstić information content (AvgIpc) is 2.72. The van der Waals surface area contributed by atoms with E-state index in [0.29, 0.717) is 34.3 Å². The van der Waals surface area contributed by atoms with Crippen molar-refractivity contribution in [1.82, 2.24) is 0 Å². The zero-order chi connectivity index (χ0) is 21.7. The molecule has 0 aliphatic heterocycles. The lowest BCUT2D eigenvalue weighted by molar-refractivity contribution is 0.102. The molecule has 3 rings (SSSR count). The van der Waals surface area contributed by atoms with Gasteiger partial charge in [-0.2, -0.15) is 0 Å². The van der Waals surface area contributed by atoms with Crippen LogP contribution in [-0.2, 0) is 10.0 Å². The molecule has 3 aromatic carbocycles. The third-order valence-corrected chi connectivity index (χ3v) is 5.92. The standard InChI is InChI=1S/C22H21ClN2O4S/c1-3-29-19-10-8-18(9-11-19)25-30(27,28)20-12-5-16(6-13-20)22(26)24-21-14-17(23)7-4-15(21)2/h4-14,25H,3H2,1-2H3,(H,24,26). The maximum atomic E-state index is 12.6. The summed E-state index contributed by atoms with van der Waals surface area (Å²) >= 11 is 5.98. The van der Waals surface area contributed by atoms with Gasteiger partial charge in [0.1, 0.15) is 5.75 Å². The quantitative estimate of drug-likeness (QED) is 0.531. The summed E-state index contributed by atoms with van der Waals surface area (Å²) in [7, 11) is -3.79. The number of sulfonamides is 1. The van der Waals surface area contributed by atoms with E-state index >= 15 is 0 Å². The van der Waals surface area contributed by atoms with E-state index in [1.54, 1.807) is 42.5 Å². The number of hydrogen-bond donors (Lipinski definition) is 2. The second kappa shape index (κ2) is 9.19. The lowest BCUT2D eigenvalue weighted by Gasteiger charge is -2.11. The van der Waals surface area contributed by atoms with Gasteiger partial charge in [-0.15, -0.1) is 0 Å². The molecule has 0 bridgehead atoms. The van der Waals surface area contributed by atoms with Crippen molar-refractivity contribution < 1.29 is 17.9 Å². The Labute approximate surface area is 180 Å². The fraction of sp³-hybridized carbons (Fsp3) is 0.136. The lowest BCUT2D eigenvalue weighted by Crippen LogP contribution is -2.15. The molecular weight excluding hydrogens is 424 g/mol. The number of carbonyl (C=O) groups excluding carboxylic acids is 1. The summed E-state index contributed by atoms with van der Waals surface area (Å²) in [6.45, 7) is 4.26. The highest BCUT2D eigenvalue weighted by Gasteiger charge is 2.16. The third kappa shape index (κ3) is 5.31. The van der Waals surface area contributed by atoms with Crippen LogP contribution in [-0.4, -0.2) is 20.9 Å². The molecule has 30 heavy (non-hydrogen) atoms. The second-order valence-corrected chi connectivity index (χ2v) is 8.62. The first-order valence-electron chi connectivity index (χ1n) is 9.22. The fourth-order valence-electron chi connectivity index (χ4n) is 2.71. The number of aryl methyl sites for hydroxylation is 1. The van der Waals surface area contributed by atoms with Gasteiger partial charge in [0, 0.05) is 22.0 Å². The summed E-state index contributed by atoms with van der Waals surface area (Å²) < 4.78 is 33.1. The van der Waals surface area contributed by atoms with Crippen LogP contribution in [0.1, 0.15) is 22.8 Å². The predicted molar refractivity (Wildman–Crippen MR) is 119 cm³/mol. The molecule has 0 aliphatic rings. The monoisotopic (exact) mass is 444 g/mol. The van der Waals surface area contributed by atoms with Gasteiger partial charge < -0.3 is 10.1 Å². The van der Waals surface area contributed by atoms with Gasteiger partial charge in [0.15, 0.2) is 0 Å². The van der Waals surface area contributed by atoms with Crippen molar-refractivity contribution in [3.8, 4) is 5.75 Å². The molecule has 2 N–H and O–H groups in total. The number of benzene rings is 3. The van der Waals surface area contributed by atoms with E-state index in [0.717, 1.165) is 5.56 Å². The van der Waals surface area contributed by atoms with Crippen molar-refractivity contribution in [2.45, 2.75) is 18.7 Å². The number of amides is 1. The molecule has 0 unspecified atom stereocenters. The molecule has 3 aromatic rings. The number of ether oxygens (including phenoxy) is 1. The van der Waals surface area contributed by atoms with Gasteiger partial charge >= 0.3 is 0 Å².